The second kappa shape index (κ2) is 6.90. The molecule has 124 valence electrons. The number of benzene rings is 1. The van der Waals surface area contributed by atoms with Crippen LogP contribution >= 0.6 is 11.8 Å². The molecule has 0 aliphatic carbocycles. The van der Waals surface area contributed by atoms with Gasteiger partial charge in [-0.05, 0) is 24.6 Å². The van der Waals surface area contributed by atoms with Gasteiger partial charge in [0.15, 0.2) is 5.16 Å². The van der Waals surface area contributed by atoms with Crippen molar-refractivity contribution in [3.8, 4) is 0 Å². The van der Waals surface area contributed by atoms with Gasteiger partial charge in [0, 0.05) is 0 Å². The summed E-state index contributed by atoms with van der Waals surface area (Å²) in [5, 5.41) is 3.85. The predicted molar refractivity (Wildman–Crippen MR) is 79.2 cm³/mol. The van der Waals surface area contributed by atoms with Gasteiger partial charge in [-0.3, -0.25) is 10.1 Å². The Bertz CT molecular complexity index is 730. The number of H-pyrrole nitrogens is 1. The molecule has 0 aliphatic heterocycles. The van der Waals surface area contributed by atoms with Crippen molar-refractivity contribution < 1.29 is 22.8 Å². The van der Waals surface area contributed by atoms with Crippen molar-refractivity contribution in [2.45, 2.75) is 18.3 Å². The Balaban J connectivity index is 1.82. The van der Waals surface area contributed by atoms with Gasteiger partial charge in [0.2, 0.25) is 5.91 Å². The van der Waals surface area contributed by atoms with Crippen LogP contribution in [0.5, 0.6) is 0 Å². The van der Waals surface area contributed by atoms with Gasteiger partial charge < -0.3 is 10.3 Å². The lowest BCUT2D eigenvalue weighted by Gasteiger charge is -2.08. The molecule has 23 heavy (non-hydrogen) atoms. The number of carbonyl (C=O) groups is 2. The number of urea groups is 1. The number of nitrogens with zero attached hydrogens (tertiary/aromatic N) is 1. The van der Waals surface area contributed by atoms with Crippen molar-refractivity contribution in [3.63, 3.8) is 0 Å². The van der Waals surface area contributed by atoms with Crippen LogP contribution in [0.15, 0.2) is 23.4 Å². The summed E-state index contributed by atoms with van der Waals surface area (Å²) in [7, 11) is 0. The number of nitrogens with one attached hydrogen (secondary N) is 3. The molecule has 6 nitrogen and oxygen atoms in total. The van der Waals surface area contributed by atoms with Crippen LogP contribution in [-0.4, -0.2) is 40.4 Å². The zero-order valence-corrected chi connectivity index (χ0v) is 12.8. The summed E-state index contributed by atoms with van der Waals surface area (Å²) in [5.74, 6) is -0.871. The first-order valence-electron chi connectivity index (χ1n) is 6.46. The number of aromatic amines is 1. The number of hydrogen-bond acceptors (Lipinski definition) is 4. The standard InChI is InChI=1S/C13H13F3N4O2S/c1-7-2-3-8-9(4-7)19-12(18-8)23-5-10(21)20-11(22)17-6-13(14,15)16/h2-4H,5-6H2,1H3,(H,18,19)(H2,17,20,21,22). The average Bonchev–Trinajstić information content (AvgIpc) is 2.84. The average molecular weight is 346 g/mol. The first-order chi connectivity index (χ1) is 10.7. The lowest BCUT2D eigenvalue weighted by Crippen LogP contribution is -2.43. The maximum atomic E-state index is 11.9. The van der Waals surface area contributed by atoms with E-state index in [1.54, 1.807) is 5.32 Å². The highest BCUT2D eigenvalue weighted by Gasteiger charge is 2.27. The topological polar surface area (TPSA) is 86.9 Å². The maximum Gasteiger partial charge on any atom is 0.405 e. The Kier molecular flexibility index (Phi) is 5.14. The highest BCUT2D eigenvalue weighted by Crippen LogP contribution is 2.20. The smallest absolute Gasteiger partial charge is 0.333 e. The lowest BCUT2D eigenvalue weighted by atomic mass is 10.2. The molecule has 3 amide bonds. The van der Waals surface area contributed by atoms with Crippen LogP contribution < -0.4 is 10.6 Å². The van der Waals surface area contributed by atoms with Gasteiger partial charge in [-0.25, -0.2) is 9.78 Å². The van der Waals surface area contributed by atoms with Gasteiger partial charge in [0.1, 0.15) is 6.54 Å². The van der Waals surface area contributed by atoms with E-state index in [2.05, 4.69) is 9.97 Å². The fourth-order valence-corrected chi connectivity index (χ4v) is 2.37. The SMILES string of the molecule is Cc1ccc2nc(SCC(=O)NC(=O)NCC(F)(F)F)[nH]c2c1. The first-order valence-corrected chi connectivity index (χ1v) is 7.45. The van der Waals surface area contributed by atoms with E-state index in [0.717, 1.165) is 28.4 Å². The molecule has 3 N–H and O–H groups in total. The van der Waals surface area contributed by atoms with Crippen LogP contribution in [0, 0.1) is 6.92 Å². The molecule has 0 spiro atoms. The summed E-state index contributed by atoms with van der Waals surface area (Å²) in [5.41, 5.74) is 2.61. The number of imide groups is 1. The third-order valence-corrected chi connectivity index (χ3v) is 3.53. The van der Waals surface area contributed by atoms with Crippen molar-refractivity contribution >= 4 is 34.7 Å². The minimum Gasteiger partial charge on any atom is -0.333 e. The van der Waals surface area contributed by atoms with Crippen molar-refractivity contribution in [1.82, 2.24) is 20.6 Å². The van der Waals surface area contributed by atoms with E-state index in [1.165, 1.54) is 0 Å². The summed E-state index contributed by atoms with van der Waals surface area (Å²) in [4.78, 5) is 29.9. The van der Waals surface area contributed by atoms with Crippen molar-refractivity contribution in [1.29, 1.82) is 0 Å². The second-order valence-electron chi connectivity index (χ2n) is 4.70. The van der Waals surface area contributed by atoms with Crippen LogP contribution in [0.1, 0.15) is 5.56 Å². The monoisotopic (exact) mass is 346 g/mol. The number of hydrogen-bond donors (Lipinski definition) is 3. The molecule has 0 fully saturated rings. The first kappa shape index (κ1) is 17.1. The molecular formula is C13H13F3N4O2S. The Morgan fingerprint density at radius 3 is 2.78 bits per heavy atom. The number of carbonyl (C=O) groups excluding carboxylic acids is 2. The third-order valence-electron chi connectivity index (χ3n) is 2.66. The fourth-order valence-electron chi connectivity index (χ4n) is 1.69. The quantitative estimate of drug-likeness (QED) is 0.742. The van der Waals surface area contributed by atoms with E-state index in [9.17, 15) is 22.8 Å². The summed E-state index contributed by atoms with van der Waals surface area (Å²) < 4.78 is 35.7. The van der Waals surface area contributed by atoms with Gasteiger partial charge >= 0.3 is 12.2 Å². The third kappa shape index (κ3) is 5.47. The molecule has 0 bridgehead atoms. The minimum absolute atomic E-state index is 0.155. The Hall–Kier alpha value is -2.23. The van der Waals surface area contributed by atoms with Gasteiger partial charge in [0.05, 0.1) is 16.8 Å². The van der Waals surface area contributed by atoms with Crippen molar-refractivity contribution in [3.05, 3.63) is 23.8 Å². The van der Waals surface area contributed by atoms with E-state index in [-0.39, 0.29) is 5.75 Å². The van der Waals surface area contributed by atoms with Crippen LogP contribution in [0.3, 0.4) is 0 Å². The molecule has 0 saturated heterocycles. The highest BCUT2D eigenvalue weighted by molar-refractivity contribution is 7.99. The highest BCUT2D eigenvalue weighted by atomic mass is 32.2. The van der Waals surface area contributed by atoms with E-state index < -0.39 is 24.7 Å². The number of aryl methyl sites for hydroxylation is 1. The molecule has 0 atom stereocenters. The Labute approximate surface area is 133 Å². The van der Waals surface area contributed by atoms with Gasteiger partial charge in [-0.1, -0.05) is 17.8 Å². The van der Waals surface area contributed by atoms with Crippen LogP contribution in [0.2, 0.25) is 0 Å². The molecule has 1 heterocycles. The van der Waals surface area contributed by atoms with E-state index in [0.29, 0.717) is 5.16 Å². The Morgan fingerprint density at radius 2 is 2.09 bits per heavy atom. The molecule has 1 aromatic heterocycles. The van der Waals surface area contributed by atoms with Crippen LogP contribution in [0.4, 0.5) is 18.0 Å². The largest absolute Gasteiger partial charge is 0.405 e. The number of rotatable bonds is 4. The summed E-state index contributed by atoms with van der Waals surface area (Å²) in [6, 6.07) is 4.44. The Morgan fingerprint density at radius 1 is 1.35 bits per heavy atom. The molecule has 2 rings (SSSR count). The van der Waals surface area contributed by atoms with Gasteiger partial charge in [0.25, 0.3) is 0 Å². The molecule has 0 saturated carbocycles. The second-order valence-corrected chi connectivity index (χ2v) is 5.66. The predicted octanol–water partition coefficient (Wildman–Crippen LogP) is 2.35. The molecule has 10 heteroatoms. The van der Waals surface area contributed by atoms with Gasteiger partial charge in [-0.2, -0.15) is 13.2 Å². The zero-order chi connectivity index (χ0) is 17.0. The number of alkyl halides is 3. The van der Waals surface area contributed by atoms with E-state index in [1.807, 2.05) is 30.4 Å². The van der Waals surface area contributed by atoms with Crippen molar-refractivity contribution in [2.24, 2.45) is 0 Å². The van der Waals surface area contributed by atoms with Crippen LogP contribution in [0.25, 0.3) is 11.0 Å². The summed E-state index contributed by atoms with van der Waals surface area (Å²) in [6.07, 6.45) is -4.53. The molecule has 1 aromatic carbocycles. The molecule has 0 unspecified atom stereocenters. The number of halogens is 3. The number of fused-ring (bicyclic) bond motifs is 1. The lowest BCUT2D eigenvalue weighted by molar-refractivity contribution is -0.124. The van der Waals surface area contributed by atoms with Gasteiger partial charge in [-0.15, -0.1) is 0 Å². The molecule has 2 aromatic rings. The summed E-state index contributed by atoms with van der Waals surface area (Å²) >= 11 is 1.04. The van der Waals surface area contributed by atoms with E-state index >= 15 is 0 Å². The zero-order valence-electron chi connectivity index (χ0n) is 12.0. The normalized spacial score (nSPS) is 11.5. The molecular weight excluding hydrogens is 333 g/mol. The van der Waals surface area contributed by atoms with Crippen molar-refractivity contribution in [2.75, 3.05) is 12.3 Å². The van der Waals surface area contributed by atoms with E-state index in [4.69, 9.17) is 0 Å². The molecule has 0 radical (unpaired) electrons. The minimum atomic E-state index is -4.53. The number of amides is 3. The van der Waals surface area contributed by atoms with Crippen LogP contribution in [-0.2, 0) is 4.79 Å². The number of thioether (sulfide) groups is 1. The number of aromatic nitrogens is 2. The summed E-state index contributed by atoms with van der Waals surface area (Å²) in [6.45, 7) is 0.433. The maximum absolute atomic E-state index is 11.9. The fraction of sp³-hybridized carbons (Fsp3) is 0.308. The molecule has 0 aliphatic rings. The number of imidazole rings is 1.